The fraction of sp³-hybridized carbons (Fsp3) is 0.333. The maximum absolute atomic E-state index is 13.2. The highest BCUT2D eigenvalue weighted by atomic mass is 79.9. The van der Waals surface area contributed by atoms with E-state index in [1.165, 1.54) is 0 Å². The minimum absolute atomic E-state index is 0. The summed E-state index contributed by atoms with van der Waals surface area (Å²) in [5.74, 6) is -5.66. The molecule has 116 valence electrons. The van der Waals surface area contributed by atoms with Gasteiger partial charge in [0.25, 0.3) is 0 Å². The molecule has 20 heavy (non-hydrogen) atoms. The number of benzene rings is 1. The van der Waals surface area contributed by atoms with Crippen molar-refractivity contribution < 1.29 is 27.1 Å². The fourth-order valence-electron chi connectivity index (χ4n) is 1.24. The lowest BCUT2D eigenvalue weighted by atomic mass is 10.0. The zero-order valence-electron chi connectivity index (χ0n) is 9.11. The summed E-state index contributed by atoms with van der Waals surface area (Å²) in [5.41, 5.74) is 4.44. The van der Waals surface area contributed by atoms with E-state index in [-0.39, 0.29) is 25.8 Å². The molecule has 1 atom stereocenters. The minimum Gasteiger partial charge on any atom is -0.506 e. The Morgan fingerprint density at radius 2 is 1.50 bits per heavy atom. The average Bonchev–Trinajstić information content (AvgIpc) is 2.24. The third-order valence-corrected chi connectivity index (χ3v) is 4.32. The minimum atomic E-state index is -5.80. The molecular weight excluding hydrogens is 508 g/mol. The number of phenols is 1. The van der Waals surface area contributed by atoms with Gasteiger partial charge in [0.1, 0.15) is 11.8 Å². The topological polar surface area (TPSA) is 46.2 Å². The lowest BCUT2D eigenvalue weighted by molar-refractivity contribution is -0.291. The molecule has 1 rings (SSSR count). The van der Waals surface area contributed by atoms with E-state index in [0.717, 1.165) is 6.07 Å². The van der Waals surface area contributed by atoms with Gasteiger partial charge in [0.05, 0.1) is 8.95 Å². The largest absolute Gasteiger partial charge is 0.506 e. The molecule has 11 heteroatoms. The number of nitrogens with two attached hydrogens (primary N) is 1. The predicted molar refractivity (Wildman–Crippen MR) is 76.4 cm³/mol. The first-order valence-corrected chi connectivity index (χ1v) is 6.85. The average molecular weight is 514 g/mol. The fourth-order valence-corrected chi connectivity index (χ4v) is 3.85. The van der Waals surface area contributed by atoms with E-state index in [9.17, 15) is 27.1 Å². The summed E-state index contributed by atoms with van der Waals surface area (Å²) in [6, 6.07) is -1.54. The number of halogens is 9. The quantitative estimate of drug-likeness (QED) is 0.527. The lowest BCUT2D eigenvalue weighted by Crippen LogP contribution is -2.46. The van der Waals surface area contributed by atoms with Crippen LogP contribution in [0.25, 0.3) is 0 Å². The van der Waals surface area contributed by atoms with E-state index in [2.05, 4.69) is 47.8 Å². The Bertz CT molecular complexity index is 511. The maximum Gasteiger partial charge on any atom is 0.455 e. The molecule has 0 fully saturated rings. The molecule has 0 saturated carbocycles. The van der Waals surface area contributed by atoms with Gasteiger partial charge in [-0.1, -0.05) is 15.9 Å². The normalized spacial score (nSPS) is 13.8. The van der Waals surface area contributed by atoms with Crippen LogP contribution < -0.4 is 5.73 Å². The van der Waals surface area contributed by atoms with Gasteiger partial charge in [-0.15, -0.1) is 12.4 Å². The van der Waals surface area contributed by atoms with E-state index in [4.69, 9.17) is 5.73 Å². The Labute approximate surface area is 141 Å². The highest BCUT2D eigenvalue weighted by Crippen LogP contribution is 2.49. The Morgan fingerprint density at radius 1 is 1.05 bits per heavy atom. The summed E-state index contributed by atoms with van der Waals surface area (Å²) in [6.45, 7) is 0. The van der Waals surface area contributed by atoms with Gasteiger partial charge < -0.3 is 10.8 Å². The number of phenolic OH excluding ortho intramolecular Hbond substituents is 1. The molecule has 0 radical (unpaired) electrons. The van der Waals surface area contributed by atoms with Crippen LogP contribution in [0.2, 0.25) is 0 Å². The molecule has 1 aromatic rings. The summed E-state index contributed by atoms with van der Waals surface area (Å²) in [4.78, 5) is 0. The Hall–Kier alpha value is 0.360. The molecule has 0 bridgehead atoms. The van der Waals surface area contributed by atoms with Gasteiger partial charge in [-0.05, 0) is 37.9 Å². The molecule has 0 unspecified atom stereocenters. The van der Waals surface area contributed by atoms with Crippen LogP contribution >= 0.6 is 60.2 Å². The van der Waals surface area contributed by atoms with Gasteiger partial charge in [-0.3, -0.25) is 0 Å². The Balaban J connectivity index is 0.00000361. The second-order valence-electron chi connectivity index (χ2n) is 3.51. The van der Waals surface area contributed by atoms with Crippen molar-refractivity contribution >= 4 is 60.2 Å². The zero-order chi connectivity index (χ0) is 15.2. The third-order valence-electron chi connectivity index (χ3n) is 2.26. The van der Waals surface area contributed by atoms with Crippen molar-refractivity contribution in [3.63, 3.8) is 0 Å². The van der Waals surface area contributed by atoms with Crippen molar-refractivity contribution in [1.82, 2.24) is 0 Å². The molecule has 0 aliphatic heterocycles. The Morgan fingerprint density at radius 3 is 1.90 bits per heavy atom. The van der Waals surface area contributed by atoms with Crippen LogP contribution in [0.4, 0.5) is 22.0 Å². The van der Waals surface area contributed by atoms with Crippen LogP contribution in [0.1, 0.15) is 11.6 Å². The third kappa shape index (κ3) is 3.57. The van der Waals surface area contributed by atoms with E-state index < -0.39 is 29.5 Å². The maximum atomic E-state index is 13.2. The van der Waals surface area contributed by atoms with Crippen molar-refractivity contribution in [3.8, 4) is 5.75 Å². The summed E-state index contributed by atoms with van der Waals surface area (Å²) in [5, 5.41) is 9.53. The lowest BCUT2D eigenvalue weighted by Gasteiger charge is -2.27. The van der Waals surface area contributed by atoms with Gasteiger partial charge >= 0.3 is 12.1 Å². The number of rotatable bonds is 2. The molecule has 0 heterocycles. The monoisotopic (exact) mass is 511 g/mol. The Kier molecular flexibility index (Phi) is 6.76. The number of alkyl halides is 5. The van der Waals surface area contributed by atoms with Gasteiger partial charge in [-0.25, -0.2) is 0 Å². The summed E-state index contributed by atoms with van der Waals surface area (Å²) in [7, 11) is 0. The molecule has 3 N–H and O–H groups in total. The first-order valence-electron chi connectivity index (χ1n) is 4.47. The van der Waals surface area contributed by atoms with Gasteiger partial charge in [-0.2, -0.15) is 22.0 Å². The standard InChI is InChI=1S/C9H5Br3F5NO.ClH/c10-2-1-3(11)6(19)5(12)4(2)7(18)8(13,14)9(15,16)17;/h1,7,19H,18H2;1H/t7-;/m1./s1. The molecule has 0 spiro atoms. The van der Waals surface area contributed by atoms with E-state index >= 15 is 0 Å². The van der Waals surface area contributed by atoms with Crippen LogP contribution in [0, 0.1) is 0 Å². The molecule has 0 aliphatic rings. The summed E-state index contributed by atoms with van der Waals surface area (Å²) < 4.78 is 62.9. The molecular formula is C9H6Br3ClF5NO. The molecule has 0 amide bonds. The number of hydrogen-bond donors (Lipinski definition) is 2. The van der Waals surface area contributed by atoms with Crippen molar-refractivity contribution in [1.29, 1.82) is 0 Å². The van der Waals surface area contributed by atoms with Crippen molar-refractivity contribution in [3.05, 3.63) is 25.0 Å². The highest BCUT2D eigenvalue weighted by molar-refractivity contribution is 9.11. The molecule has 0 aromatic heterocycles. The second-order valence-corrected chi connectivity index (χ2v) is 6.02. The van der Waals surface area contributed by atoms with Gasteiger partial charge in [0.2, 0.25) is 0 Å². The summed E-state index contributed by atoms with van der Waals surface area (Å²) >= 11 is 8.50. The number of aromatic hydroxyl groups is 1. The number of hydrogen-bond acceptors (Lipinski definition) is 2. The predicted octanol–water partition coefficient (Wildman–Crippen LogP) is 5.30. The molecule has 0 aliphatic carbocycles. The van der Waals surface area contributed by atoms with Crippen LogP contribution in [0.3, 0.4) is 0 Å². The SMILES string of the molecule is Cl.N[C@H](c1c(Br)cc(Br)c(O)c1Br)C(F)(F)C(F)(F)F. The van der Waals surface area contributed by atoms with Crippen LogP contribution in [0.5, 0.6) is 5.75 Å². The molecule has 0 saturated heterocycles. The van der Waals surface area contributed by atoms with E-state index in [1.807, 2.05) is 0 Å². The van der Waals surface area contributed by atoms with Crippen molar-refractivity contribution in [2.24, 2.45) is 5.73 Å². The van der Waals surface area contributed by atoms with Crippen LogP contribution in [-0.2, 0) is 0 Å². The first kappa shape index (κ1) is 20.4. The summed E-state index contributed by atoms with van der Waals surface area (Å²) in [6.07, 6.45) is -5.80. The smallest absolute Gasteiger partial charge is 0.455 e. The molecule has 2 nitrogen and oxygen atoms in total. The van der Waals surface area contributed by atoms with Crippen LogP contribution in [-0.4, -0.2) is 17.2 Å². The van der Waals surface area contributed by atoms with Crippen molar-refractivity contribution in [2.45, 2.75) is 18.1 Å². The molecule has 1 aromatic carbocycles. The van der Waals surface area contributed by atoms with Gasteiger partial charge in [0, 0.05) is 10.0 Å². The zero-order valence-corrected chi connectivity index (χ0v) is 14.7. The van der Waals surface area contributed by atoms with Crippen LogP contribution in [0.15, 0.2) is 19.5 Å². The van der Waals surface area contributed by atoms with E-state index in [0.29, 0.717) is 0 Å². The van der Waals surface area contributed by atoms with Crippen molar-refractivity contribution in [2.75, 3.05) is 0 Å². The van der Waals surface area contributed by atoms with E-state index in [1.54, 1.807) is 0 Å². The second kappa shape index (κ2) is 6.64. The first-order chi connectivity index (χ1) is 8.41. The van der Waals surface area contributed by atoms with Gasteiger partial charge in [0.15, 0.2) is 0 Å². The highest BCUT2D eigenvalue weighted by Gasteiger charge is 2.62.